The summed E-state index contributed by atoms with van der Waals surface area (Å²) in [5, 5.41) is 0. The predicted molar refractivity (Wildman–Crippen MR) is 111 cm³/mol. The molecule has 2 aromatic rings. The lowest BCUT2D eigenvalue weighted by Gasteiger charge is -2.29. The molecule has 1 saturated heterocycles. The Morgan fingerprint density at radius 1 is 0.857 bits per heavy atom. The van der Waals surface area contributed by atoms with Crippen molar-refractivity contribution >= 4 is 11.5 Å². The van der Waals surface area contributed by atoms with Crippen LogP contribution in [0.1, 0.15) is 48.0 Å². The summed E-state index contributed by atoms with van der Waals surface area (Å²) in [5.41, 5.74) is 2.60. The Balaban J connectivity index is 1.86. The molecule has 0 amide bonds. The molecule has 0 bridgehead atoms. The predicted octanol–water partition coefficient (Wildman–Crippen LogP) is 4.69. The van der Waals surface area contributed by atoms with Crippen molar-refractivity contribution in [1.29, 1.82) is 0 Å². The molecule has 0 aliphatic carbocycles. The molecule has 28 heavy (non-hydrogen) atoms. The Kier molecular flexibility index (Phi) is 6.45. The van der Waals surface area contributed by atoms with Crippen molar-refractivity contribution in [3.8, 4) is 17.2 Å². The molecule has 1 fully saturated rings. The first-order valence-corrected chi connectivity index (χ1v) is 9.78. The second-order valence-electron chi connectivity index (χ2n) is 7.13. The zero-order valence-corrected chi connectivity index (χ0v) is 17.2. The number of rotatable bonds is 7. The third-order valence-corrected chi connectivity index (χ3v) is 5.47. The van der Waals surface area contributed by atoms with Gasteiger partial charge in [-0.1, -0.05) is 13.0 Å². The van der Waals surface area contributed by atoms with Crippen molar-refractivity contribution in [1.82, 2.24) is 0 Å². The summed E-state index contributed by atoms with van der Waals surface area (Å²) >= 11 is 0. The Bertz CT molecular complexity index is 827. The zero-order valence-electron chi connectivity index (χ0n) is 17.2. The average Bonchev–Trinajstić information content (AvgIpc) is 2.77. The minimum atomic E-state index is -0.324. The van der Waals surface area contributed by atoms with E-state index in [9.17, 15) is 4.79 Å². The molecule has 0 aromatic heterocycles. The molecule has 5 nitrogen and oxygen atoms in total. The molecule has 1 unspecified atom stereocenters. The molecule has 0 radical (unpaired) electrons. The van der Waals surface area contributed by atoms with E-state index in [1.165, 1.54) is 19.3 Å². The van der Waals surface area contributed by atoms with Gasteiger partial charge in [-0.2, -0.15) is 0 Å². The first-order valence-electron chi connectivity index (χ1n) is 9.78. The highest BCUT2D eigenvalue weighted by molar-refractivity contribution is 6.03. The molecule has 3 rings (SSSR count). The number of Topliss-reactive ketones (excluding diaryl/α,β-unsaturated/α-hetero) is 1. The van der Waals surface area contributed by atoms with E-state index in [1.54, 1.807) is 21.3 Å². The normalized spacial score (nSPS) is 15.1. The largest absolute Gasteiger partial charge is 0.496 e. The number of ketones is 1. The number of benzene rings is 2. The van der Waals surface area contributed by atoms with E-state index >= 15 is 0 Å². The maximum Gasteiger partial charge on any atom is 0.173 e. The summed E-state index contributed by atoms with van der Waals surface area (Å²) < 4.78 is 16.2. The van der Waals surface area contributed by atoms with Gasteiger partial charge in [-0.3, -0.25) is 4.79 Å². The lowest BCUT2D eigenvalue weighted by Crippen LogP contribution is -2.29. The smallest absolute Gasteiger partial charge is 0.173 e. The summed E-state index contributed by atoms with van der Waals surface area (Å²) in [6.07, 6.45) is 3.70. The molecule has 0 N–H and O–H groups in total. The van der Waals surface area contributed by atoms with Gasteiger partial charge in [0.05, 0.1) is 26.9 Å². The summed E-state index contributed by atoms with van der Waals surface area (Å²) in [7, 11) is 4.81. The number of ether oxygens (including phenoxy) is 3. The van der Waals surface area contributed by atoms with E-state index in [2.05, 4.69) is 4.90 Å². The summed E-state index contributed by atoms with van der Waals surface area (Å²) in [5.74, 6) is 1.59. The van der Waals surface area contributed by atoms with Crippen molar-refractivity contribution in [2.24, 2.45) is 0 Å². The fourth-order valence-electron chi connectivity index (χ4n) is 3.74. The van der Waals surface area contributed by atoms with Gasteiger partial charge >= 0.3 is 0 Å². The quantitative estimate of drug-likeness (QED) is 0.649. The summed E-state index contributed by atoms with van der Waals surface area (Å²) in [6, 6.07) is 11.5. The van der Waals surface area contributed by atoms with Gasteiger partial charge in [-0.05, 0) is 49.1 Å². The van der Waals surface area contributed by atoms with Crippen LogP contribution in [-0.2, 0) is 0 Å². The molecular weight excluding hydrogens is 354 g/mol. The molecule has 2 aromatic carbocycles. The van der Waals surface area contributed by atoms with Crippen LogP contribution < -0.4 is 19.1 Å². The maximum absolute atomic E-state index is 13.2. The van der Waals surface area contributed by atoms with Gasteiger partial charge in [0.25, 0.3) is 0 Å². The van der Waals surface area contributed by atoms with E-state index in [4.69, 9.17) is 14.2 Å². The van der Waals surface area contributed by atoms with Gasteiger partial charge in [-0.15, -0.1) is 0 Å². The van der Waals surface area contributed by atoms with Gasteiger partial charge < -0.3 is 19.1 Å². The first kappa shape index (κ1) is 20.1. The third-order valence-electron chi connectivity index (χ3n) is 5.47. The number of hydrogen-bond donors (Lipinski definition) is 0. The molecule has 1 aliphatic rings. The molecular formula is C23H29NO4. The minimum absolute atomic E-state index is 0.0225. The van der Waals surface area contributed by atoms with Crippen LogP contribution >= 0.6 is 0 Å². The summed E-state index contributed by atoms with van der Waals surface area (Å²) in [6.45, 7) is 4.01. The Morgan fingerprint density at radius 2 is 1.54 bits per heavy atom. The Hall–Kier alpha value is -2.69. The number of piperidine rings is 1. The second-order valence-corrected chi connectivity index (χ2v) is 7.13. The van der Waals surface area contributed by atoms with Crippen LogP contribution in [0.25, 0.3) is 0 Å². The molecule has 5 heteroatoms. The summed E-state index contributed by atoms with van der Waals surface area (Å²) in [4.78, 5) is 15.6. The van der Waals surface area contributed by atoms with E-state index in [-0.39, 0.29) is 11.7 Å². The highest BCUT2D eigenvalue weighted by Gasteiger charge is 2.23. The lowest BCUT2D eigenvalue weighted by atomic mass is 9.91. The Morgan fingerprint density at radius 3 is 2.18 bits per heavy atom. The van der Waals surface area contributed by atoms with Crippen molar-refractivity contribution in [2.75, 3.05) is 39.3 Å². The van der Waals surface area contributed by atoms with E-state index in [1.807, 2.05) is 43.3 Å². The van der Waals surface area contributed by atoms with Crippen LogP contribution in [0.2, 0.25) is 0 Å². The van der Waals surface area contributed by atoms with Gasteiger partial charge in [-0.25, -0.2) is 0 Å². The average molecular weight is 383 g/mol. The maximum atomic E-state index is 13.2. The van der Waals surface area contributed by atoms with Gasteiger partial charge in [0.15, 0.2) is 17.3 Å². The van der Waals surface area contributed by atoms with Crippen molar-refractivity contribution < 1.29 is 19.0 Å². The molecule has 150 valence electrons. The number of nitrogens with zero attached hydrogens (tertiary/aromatic N) is 1. The molecule has 1 heterocycles. The molecule has 0 saturated carbocycles. The van der Waals surface area contributed by atoms with Crippen molar-refractivity contribution in [3.05, 3.63) is 47.5 Å². The molecule has 1 atom stereocenters. The number of anilines is 1. The number of carbonyl (C=O) groups is 1. The zero-order chi connectivity index (χ0) is 20.1. The fraction of sp³-hybridized carbons (Fsp3) is 0.435. The van der Waals surface area contributed by atoms with E-state index in [0.717, 1.165) is 24.3 Å². The fourth-order valence-corrected chi connectivity index (χ4v) is 3.74. The van der Waals surface area contributed by atoms with Crippen LogP contribution in [-0.4, -0.2) is 40.2 Å². The molecule has 0 spiro atoms. The van der Waals surface area contributed by atoms with Crippen molar-refractivity contribution in [3.63, 3.8) is 0 Å². The number of carbonyl (C=O) groups excluding carboxylic acids is 1. The standard InChI is InChI=1S/C23H29NO4/c1-16(17-8-11-20(26-2)22(14-17)28-4)23(25)19-10-9-18(15-21(19)27-3)24-12-6-5-7-13-24/h8-11,14-16H,5-7,12-13H2,1-4H3. The lowest BCUT2D eigenvalue weighted by molar-refractivity contribution is 0.0963. The van der Waals surface area contributed by atoms with Crippen molar-refractivity contribution in [2.45, 2.75) is 32.1 Å². The second kappa shape index (κ2) is 9.00. The van der Waals surface area contributed by atoms with E-state index < -0.39 is 0 Å². The van der Waals surface area contributed by atoms with Gasteiger partial charge in [0.1, 0.15) is 5.75 Å². The number of methoxy groups -OCH3 is 3. The molecule has 1 aliphatic heterocycles. The van der Waals surface area contributed by atoms with Gasteiger partial charge in [0.2, 0.25) is 0 Å². The highest BCUT2D eigenvalue weighted by Crippen LogP contribution is 2.34. The first-order chi connectivity index (χ1) is 13.6. The monoisotopic (exact) mass is 383 g/mol. The number of hydrogen-bond acceptors (Lipinski definition) is 5. The van der Waals surface area contributed by atoms with Gasteiger partial charge in [0, 0.05) is 30.8 Å². The SMILES string of the molecule is COc1ccc(C(C)C(=O)c2ccc(N3CCCCC3)cc2OC)cc1OC. The van der Waals surface area contributed by atoms with E-state index in [0.29, 0.717) is 22.8 Å². The van der Waals surface area contributed by atoms with Crippen LogP contribution in [0.3, 0.4) is 0 Å². The minimum Gasteiger partial charge on any atom is -0.496 e. The third kappa shape index (κ3) is 4.08. The Labute approximate surface area is 167 Å². The van der Waals surface area contributed by atoms with Crippen LogP contribution in [0, 0.1) is 0 Å². The van der Waals surface area contributed by atoms with Crippen LogP contribution in [0.5, 0.6) is 17.2 Å². The van der Waals surface area contributed by atoms with Crippen LogP contribution in [0.4, 0.5) is 5.69 Å². The topological polar surface area (TPSA) is 48.0 Å². The highest BCUT2D eigenvalue weighted by atomic mass is 16.5. The van der Waals surface area contributed by atoms with Crippen LogP contribution in [0.15, 0.2) is 36.4 Å².